The average molecular weight is 306 g/mol. The molecular formula is C13H14N4O3S. The van der Waals surface area contributed by atoms with Gasteiger partial charge in [0.25, 0.3) is 0 Å². The summed E-state index contributed by atoms with van der Waals surface area (Å²) in [5.41, 5.74) is 1.88. The van der Waals surface area contributed by atoms with Gasteiger partial charge >= 0.3 is 0 Å². The number of sulfonamides is 1. The standard InChI is InChI=1S/C13H14N4O3S/c18-21(19,16-6-5-10-7-14-9-15-10)8-12-11-3-1-2-4-13(11)20-17-12/h1-4,7,9,16H,5-6,8H2,(H,14,15). The second kappa shape index (κ2) is 5.66. The van der Waals surface area contributed by atoms with Crippen molar-refractivity contribution in [2.45, 2.75) is 12.2 Å². The zero-order valence-corrected chi connectivity index (χ0v) is 11.9. The number of H-pyrrole nitrogens is 1. The third kappa shape index (κ3) is 3.29. The van der Waals surface area contributed by atoms with Gasteiger partial charge in [0, 0.05) is 30.2 Å². The number of fused-ring (bicyclic) bond motifs is 1. The summed E-state index contributed by atoms with van der Waals surface area (Å²) in [7, 11) is -3.46. The zero-order chi connectivity index (χ0) is 14.7. The molecule has 0 aliphatic heterocycles. The van der Waals surface area contributed by atoms with Crippen molar-refractivity contribution in [2.24, 2.45) is 0 Å². The Kier molecular flexibility index (Phi) is 3.72. The number of hydrogen-bond acceptors (Lipinski definition) is 5. The molecule has 0 fully saturated rings. The van der Waals surface area contributed by atoms with Gasteiger partial charge in [0.05, 0.1) is 6.33 Å². The predicted molar refractivity (Wildman–Crippen MR) is 76.9 cm³/mol. The minimum atomic E-state index is -3.46. The molecule has 1 aromatic carbocycles. The molecule has 0 spiro atoms. The molecule has 2 N–H and O–H groups in total. The maximum Gasteiger partial charge on any atom is 0.217 e. The summed E-state index contributed by atoms with van der Waals surface area (Å²) in [6.07, 6.45) is 3.78. The van der Waals surface area contributed by atoms with Gasteiger partial charge in [-0.05, 0) is 12.1 Å². The number of hydrogen-bond donors (Lipinski definition) is 2. The zero-order valence-electron chi connectivity index (χ0n) is 11.1. The largest absolute Gasteiger partial charge is 0.356 e. The quantitative estimate of drug-likeness (QED) is 0.713. The van der Waals surface area contributed by atoms with Crippen LogP contribution in [0.25, 0.3) is 11.0 Å². The Morgan fingerprint density at radius 1 is 1.29 bits per heavy atom. The van der Waals surface area contributed by atoms with E-state index in [2.05, 4.69) is 19.8 Å². The highest BCUT2D eigenvalue weighted by molar-refractivity contribution is 7.88. The minimum absolute atomic E-state index is 0.201. The maximum absolute atomic E-state index is 12.1. The van der Waals surface area contributed by atoms with E-state index in [0.717, 1.165) is 11.1 Å². The molecule has 2 heterocycles. The van der Waals surface area contributed by atoms with Crippen molar-refractivity contribution in [1.29, 1.82) is 0 Å². The van der Waals surface area contributed by atoms with Crippen LogP contribution in [-0.2, 0) is 22.2 Å². The number of para-hydroxylation sites is 1. The molecule has 0 bridgehead atoms. The molecular weight excluding hydrogens is 292 g/mol. The fraction of sp³-hybridized carbons (Fsp3) is 0.231. The van der Waals surface area contributed by atoms with Crippen molar-refractivity contribution < 1.29 is 12.9 Å². The van der Waals surface area contributed by atoms with Crippen LogP contribution in [0.15, 0.2) is 41.3 Å². The molecule has 3 rings (SSSR count). The van der Waals surface area contributed by atoms with Gasteiger partial charge in [0.15, 0.2) is 5.58 Å². The number of benzene rings is 1. The van der Waals surface area contributed by atoms with Crippen LogP contribution in [-0.4, -0.2) is 30.1 Å². The van der Waals surface area contributed by atoms with Crippen molar-refractivity contribution in [1.82, 2.24) is 19.8 Å². The summed E-state index contributed by atoms with van der Waals surface area (Å²) in [5, 5.41) is 4.55. The van der Waals surface area contributed by atoms with Crippen LogP contribution in [0.3, 0.4) is 0 Å². The van der Waals surface area contributed by atoms with Gasteiger partial charge in [-0.25, -0.2) is 18.1 Å². The molecule has 3 aromatic rings. The summed E-state index contributed by atoms with van der Waals surface area (Å²) >= 11 is 0. The molecule has 0 radical (unpaired) electrons. The van der Waals surface area contributed by atoms with Crippen LogP contribution in [0, 0.1) is 0 Å². The molecule has 0 unspecified atom stereocenters. The Morgan fingerprint density at radius 2 is 2.14 bits per heavy atom. The highest BCUT2D eigenvalue weighted by Gasteiger charge is 2.16. The molecule has 7 nitrogen and oxygen atoms in total. The molecule has 110 valence electrons. The Morgan fingerprint density at radius 3 is 2.95 bits per heavy atom. The predicted octanol–water partition coefficient (Wildman–Crippen LogP) is 1.21. The molecule has 0 amide bonds. The molecule has 8 heteroatoms. The Balaban J connectivity index is 1.65. The van der Waals surface area contributed by atoms with Gasteiger partial charge in [-0.15, -0.1) is 0 Å². The Bertz CT molecular complexity index is 824. The van der Waals surface area contributed by atoms with E-state index in [-0.39, 0.29) is 5.75 Å². The van der Waals surface area contributed by atoms with Crippen LogP contribution < -0.4 is 4.72 Å². The van der Waals surface area contributed by atoms with E-state index >= 15 is 0 Å². The van der Waals surface area contributed by atoms with Crippen molar-refractivity contribution in [2.75, 3.05) is 6.54 Å². The maximum atomic E-state index is 12.1. The lowest BCUT2D eigenvalue weighted by atomic mass is 10.2. The van der Waals surface area contributed by atoms with E-state index < -0.39 is 10.0 Å². The van der Waals surface area contributed by atoms with E-state index in [9.17, 15) is 8.42 Å². The normalized spacial score (nSPS) is 12.0. The average Bonchev–Trinajstić information content (AvgIpc) is 3.09. The van der Waals surface area contributed by atoms with E-state index in [1.165, 1.54) is 0 Å². The van der Waals surface area contributed by atoms with Gasteiger partial charge in [-0.3, -0.25) is 0 Å². The summed E-state index contributed by atoms with van der Waals surface area (Å²) in [4.78, 5) is 6.80. The van der Waals surface area contributed by atoms with E-state index in [1.807, 2.05) is 12.1 Å². The summed E-state index contributed by atoms with van der Waals surface area (Å²) in [5.74, 6) is -0.201. The summed E-state index contributed by atoms with van der Waals surface area (Å²) in [6, 6.07) is 7.18. The number of aromatic nitrogens is 3. The van der Waals surface area contributed by atoms with Gasteiger partial charge in [0.2, 0.25) is 10.0 Å². The molecule has 0 saturated carbocycles. The highest BCUT2D eigenvalue weighted by Crippen LogP contribution is 2.19. The molecule has 0 saturated heterocycles. The number of imidazole rings is 1. The van der Waals surface area contributed by atoms with Crippen molar-refractivity contribution in [3.63, 3.8) is 0 Å². The molecule has 0 atom stereocenters. The van der Waals surface area contributed by atoms with Crippen molar-refractivity contribution >= 4 is 21.0 Å². The number of nitrogens with one attached hydrogen (secondary N) is 2. The van der Waals surface area contributed by atoms with Crippen LogP contribution >= 0.6 is 0 Å². The number of nitrogens with zero attached hydrogens (tertiary/aromatic N) is 2. The van der Waals surface area contributed by atoms with Crippen LogP contribution in [0.2, 0.25) is 0 Å². The summed E-state index contributed by atoms with van der Waals surface area (Å²) < 4.78 is 31.7. The smallest absolute Gasteiger partial charge is 0.217 e. The van der Waals surface area contributed by atoms with Crippen molar-refractivity contribution in [3.8, 4) is 0 Å². The first-order valence-corrected chi connectivity index (χ1v) is 8.07. The third-order valence-electron chi connectivity index (χ3n) is 3.05. The molecule has 0 aliphatic carbocycles. The summed E-state index contributed by atoms with van der Waals surface area (Å²) in [6.45, 7) is 0.306. The second-order valence-electron chi connectivity index (χ2n) is 4.61. The monoisotopic (exact) mass is 306 g/mol. The van der Waals surface area contributed by atoms with Crippen LogP contribution in [0.4, 0.5) is 0 Å². The molecule has 21 heavy (non-hydrogen) atoms. The van der Waals surface area contributed by atoms with Gasteiger partial charge in [-0.2, -0.15) is 0 Å². The topological polar surface area (TPSA) is 101 Å². The minimum Gasteiger partial charge on any atom is -0.356 e. The van der Waals surface area contributed by atoms with Gasteiger partial charge in [-0.1, -0.05) is 17.3 Å². The first kappa shape index (κ1) is 13.8. The third-order valence-corrected chi connectivity index (χ3v) is 4.35. The lowest BCUT2D eigenvalue weighted by Crippen LogP contribution is -2.27. The van der Waals surface area contributed by atoms with Crippen molar-refractivity contribution in [3.05, 3.63) is 48.2 Å². The fourth-order valence-electron chi connectivity index (χ4n) is 2.04. The first-order chi connectivity index (χ1) is 10.1. The number of aromatic amines is 1. The van der Waals surface area contributed by atoms with Gasteiger partial charge in [0.1, 0.15) is 11.4 Å². The Hall–Kier alpha value is -2.19. The van der Waals surface area contributed by atoms with Crippen LogP contribution in [0.5, 0.6) is 0 Å². The highest BCUT2D eigenvalue weighted by atomic mass is 32.2. The Labute approximate surface area is 121 Å². The fourth-order valence-corrected chi connectivity index (χ4v) is 3.12. The second-order valence-corrected chi connectivity index (χ2v) is 6.41. The molecule has 2 aromatic heterocycles. The SMILES string of the molecule is O=S(=O)(Cc1noc2ccccc12)NCCc1cnc[nH]1. The lowest BCUT2D eigenvalue weighted by molar-refractivity contribution is 0.448. The molecule has 0 aliphatic rings. The first-order valence-electron chi connectivity index (χ1n) is 6.42. The van der Waals surface area contributed by atoms with Gasteiger partial charge < -0.3 is 9.51 Å². The lowest BCUT2D eigenvalue weighted by Gasteiger charge is -2.04. The van der Waals surface area contributed by atoms with Crippen LogP contribution in [0.1, 0.15) is 11.4 Å². The van der Waals surface area contributed by atoms with E-state index in [1.54, 1.807) is 24.7 Å². The number of rotatable bonds is 6. The van der Waals surface area contributed by atoms with E-state index in [0.29, 0.717) is 24.2 Å². The van der Waals surface area contributed by atoms with E-state index in [4.69, 9.17) is 4.52 Å².